The molecule has 5 heteroatoms. The molecule has 19 heavy (non-hydrogen) atoms. The summed E-state index contributed by atoms with van der Waals surface area (Å²) in [5.41, 5.74) is 4.04. The molecule has 0 aliphatic heterocycles. The Labute approximate surface area is 121 Å². The van der Waals surface area contributed by atoms with E-state index in [0.29, 0.717) is 11.0 Å². The third-order valence-corrected chi connectivity index (χ3v) is 3.67. The number of rotatable bonds is 4. The lowest BCUT2D eigenvalue weighted by molar-refractivity contribution is 0.621. The smallest absolute Gasteiger partial charge is 0.139 e. The molecular weight excluding hydrogens is 309 g/mol. The van der Waals surface area contributed by atoms with Crippen LogP contribution in [0, 0.1) is 12.7 Å². The number of anilines is 1. The molecule has 3 nitrogen and oxygen atoms in total. The lowest BCUT2D eigenvalue weighted by atomic mass is 10.1. The van der Waals surface area contributed by atoms with Gasteiger partial charge in [-0.15, -0.1) is 0 Å². The van der Waals surface area contributed by atoms with Gasteiger partial charge in [0.2, 0.25) is 0 Å². The molecule has 1 N–H and O–H groups in total. The van der Waals surface area contributed by atoms with Crippen molar-refractivity contribution in [2.45, 2.75) is 26.8 Å². The number of halogens is 2. The van der Waals surface area contributed by atoms with Crippen molar-refractivity contribution < 1.29 is 4.39 Å². The monoisotopic (exact) mass is 325 g/mol. The van der Waals surface area contributed by atoms with Gasteiger partial charge >= 0.3 is 0 Å². The maximum atomic E-state index is 13.5. The van der Waals surface area contributed by atoms with E-state index in [1.165, 1.54) is 6.07 Å². The summed E-state index contributed by atoms with van der Waals surface area (Å²) >= 11 is 3.19. The normalized spacial score (nSPS) is 10.8. The van der Waals surface area contributed by atoms with Crippen LogP contribution in [0.2, 0.25) is 0 Å². The predicted molar refractivity (Wildman–Crippen MR) is 78.7 cm³/mol. The van der Waals surface area contributed by atoms with Crippen LogP contribution in [0.15, 0.2) is 22.8 Å². The van der Waals surface area contributed by atoms with Crippen molar-refractivity contribution in [2.75, 3.05) is 5.32 Å². The average molecular weight is 326 g/mol. The maximum absolute atomic E-state index is 13.5. The van der Waals surface area contributed by atoms with Gasteiger partial charge < -0.3 is 5.32 Å². The average Bonchev–Trinajstić information content (AvgIpc) is 2.72. The van der Waals surface area contributed by atoms with E-state index >= 15 is 0 Å². The third kappa shape index (κ3) is 3.15. The zero-order valence-electron chi connectivity index (χ0n) is 11.3. The summed E-state index contributed by atoms with van der Waals surface area (Å²) in [6.07, 6.45) is 2.89. The Hall–Kier alpha value is -1.36. The molecule has 102 valence electrons. The second-order valence-corrected chi connectivity index (χ2v) is 5.42. The molecular formula is C14H17BrFN3. The molecule has 0 atom stereocenters. The van der Waals surface area contributed by atoms with Gasteiger partial charge in [-0.3, -0.25) is 4.68 Å². The molecule has 0 saturated heterocycles. The summed E-state index contributed by atoms with van der Waals surface area (Å²) in [4.78, 5) is 0. The van der Waals surface area contributed by atoms with Gasteiger partial charge in [0.05, 0.1) is 10.2 Å². The number of nitrogens with zero attached hydrogens (tertiary/aromatic N) is 2. The minimum atomic E-state index is -0.255. The van der Waals surface area contributed by atoms with Crippen LogP contribution in [-0.2, 0) is 20.0 Å². The Bertz CT molecular complexity index is 593. The summed E-state index contributed by atoms with van der Waals surface area (Å²) in [5.74, 6) is -0.255. The molecule has 2 aromatic rings. The van der Waals surface area contributed by atoms with Crippen LogP contribution in [0.1, 0.15) is 23.7 Å². The molecule has 0 amide bonds. The van der Waals surface area contributed by atoms with Gasteiger partial charge in [0.1, 0.15) is 5.82 Å². The first-order chi connectivity index (χ1) is 9.01. The van der Waals surface area contributed by atoms with E-state index in [0.717, 1.165) is 28.9 Å². The highest BCUT2D eigenvalue weighted by Gasteiger charge is 2.08. The Balaban J connectivity index is 2.16. The SMILES string of the molecule is CCc1nn(C)cc1CNc1cc(F)c(Br)cc1C. The summed E-state index contributed by atoms with van der Waals surface area (Å²) in [7, 11) is 1.91. The fraction of sp³-hybridized carbons (Fsp3) is 0.357. The van der Waals surface area contributed by atoms with Gasteiger partial charge in [-0.25, -0.2) is 4.39 Å². The van der Waals surface area contributed by atoms with Crippen molar-refractivity contribution in [3.05, 3.63) is 45.4 Å². The van der Waals surface area contributed by atoms with Crippen LogP contribution in [0.4, 0.5) is 10.1 Å². The van der Waals surface area contributed by atoms with Crippen molar-refractivity contribution in [2.24, 2.45) is 7.05 Å². The van der Waals surface area contributed by atoms with Crippen LogP contribution >= 0.6 is 15.9 Å². The Morgan fingerprint density at radius 3 is 2.84 bits per heavy atom. The molecule has 0 aliphatic carbocycles. The molecule has 0 unspecified atom stereocenters. The Morgan fingerprint density at radius 1 is 1.42 bits per heavy atom. The maximum Gasteiger partial charge on any atom is 0.139 e. The lowest BCUT2D eigenvalue weighted by Gasteiger charge is -2.10. The van der Waals surface area contributed by atoms with E-state index in [4.69, 9.17) is 0 Å². The third-order valence-electron chi connectivity index (χ3n) is 3.06. The highest BCUT2D eigenvalue weighted by atomic mass is 79.9. The Morgan fingerprint density at radius 2 is 2.16 bits per heavy atom. The highest BCUT2D eigenvalue weighted by Crippen LogP contribution is 2.24. The van der Waals surface area contributed by atoms with Crippen molar-refractivity contribution in [1.29, 1.82) is 0 Å². The number of hydrogen-bond acceptors (Lipinski definition) is 2. The molecule has 0 fully saturated rings. The Kier molecular flexibility index (Phi) is 4.24. The van der Waals surface area contributed by atoms with Crippen molar-refractivity contribution in [1.82, 2.24) is 9.78 Å². The van der Waals surface area contributed by atoms with Gasteiger partial charge in [-0.1, -0.05) is 6.92 Å². The molecule has 1 heterocycles. The molecule has 0 saturated carbocycles. The van der Waals surface area contributed by atoms with Gasteiger partial charge in [0.15, 0.2) is 0 Å². The number of hydrogen-bond donors (Lipinski definition) is 1. The second kappa shape index (κ2) is 5.74. The number of aryl methyl sites for hydroxylation is 3. The zero-order chi connectivity index (χ0) is 14.0. The van der Waals surface area contributed by atoms with Gasteiger partial charge in [-0.05, 0) is 47.0 Å². The quantitative estimate of drug-likeness (QED) is 0.926. The second-order valence-electron chi connectivity index (χ2n) is 4.56. The topological polar surface area (TPSA) is 29.9 Å². The molecule has 0 radical (unpaired) electrons. The van der Waals surface area contributed by atoms with E-state index in [-0.39, 0.29) is 5.82 Å². The number of benzene rings is 1. The first-order valence-electron chi connectivity index (χ1n) is 6.22. The molecule has 1 aromatic heterocycles. The van der Waals surface area contributed by atoms with Crippen LogP contribution in [0.3, 0.4) is 0 Å². The molecule has 0 aliphatic rings. The molecule has 1 aromatic carbocycles. The minimum absolute atomic E-state index is 0.255. The van der Waals surface area contributed by atoms with Crippen molar-refractivity contribution in [3.8, 4) is 0 Å². The van der Waals surface area contributed by atoms with E-state index < -0.39 is 0 Å². The first kappa shape index (κ1) is 14.1. The van der Waals surface area contributed by atoms with Crippen LogP contribution < -0.4 is 5.32 Å². The van der Waals surface area contributed by atoms with Crippen molar-refractivity contribution in [3.63, 3.8) is 0 Å². The zero-order valence-corrected chi connectivity index (χ0v) is 12.9. The van der Waals surface area contributed by atoms with Gasteiger partial charge in [0.25, 0.3) is 0 Å². The van der Waals surface area contributed by atoms with Crippen molar-refractivity contribution >= 4 is 21.6 Å². The van der Waals surface area contributed by atoms with Crippen LogP contribution in [0.25, 0.3) is 0 Å². The van der Waals surface area contributed by atoms with E-state index in [1.54, 1.807) is 6.07 Å². The van der Waals surface area contributed by atoms with Gasteiger partial charge in [0, 0.05) is 31.0 Å². The number of nitrogens with one attached hydrogen (secondary N) is 1. The summed E-state index contributed by atoms with van der Waals surface area (Å²) < 4.78 is 15.8. The van der Waals surface area contributed by atoms with E-state index in [9.17, 15) is 4.39 Å². The summed E-state index contributed by atoms with van der Waals surface area (Å²) in [5, 5.41) is 7.66. The first-order valence-corrected chi connectivity index (χ1v) is 7.01. The molecule has 0 spiro atoms. The van der Waals surface area contributed by atoms with Crippen LogP contribution in [0.5, 0.6) is 0 Å². The highest BCUT2D eigenvalue weighted by molar-refractivity contribution is 9.10. The van der Waals surface area contributed by atoms with Gasteiger partial charge in [-0.2, -0.15) is 5.10 Å². The fourth-order valence-electron chi connectivity index (χ4n) is 2.06. The van der Waals surface area contributed by atoms with E-state index in [1.807, 2.05) is 24.9 Å². The van der Waals surface area contributed by atoms with Crippen LogP contribution in [-0.4, -0.2) is 9.78 Å². The lowest BCUT2D eigenvalue weighted by Crippen LogP contribution is -2.03. The predicted octanol–water partition coefficient (Wildman–Crippen LogP) is 3.80. The molecule has 2 rings (SSSR count). The largest absolute Gasteiger partial charge is 0.381 e. The fourth-order valence-corrected chi connectivity index (χ4v) is 2.51. The standard InChI is InChI=1S/C14H17BrFN3/c1-4-13-10(8-19(3)18-13)7-17-14-6-12(16)11(15)5-9(14)2/h5-6,8,17H,4,7H2,1-3H3. The minimum Gasteiger partial charge on any atom is -0.381 e. The van der Waals surface area contributed by atoms with E-state index in [2.05, 4.69) is 33.3 Å². The number of aromatic nitrogens is 2. The summed E-state index contributed by atoms with van der Waals surface area (Å²) in [6.45, 7) is 4.69. The summed E-state index contributed by atoms with van der Waals surface area (Å²) in [6, 6.07) is 3.29. The molecule has 0 bridgehead atoms.